The number of amides is 3. The minimum absolute atomic E-state index is 0.178. The highest BCUT2D eigenvalue weighted by molar-refractivity contribution is 8.14. The Hall–Kier alpha value is -2.67. The summed E-state index contributed by atoms with van der Waals surface area (Å²) < 4.78 is 12.8. The molecule has 1 aliphatic rings. The van der Waals surface area contributed by atoms with Crippen molar-refractivity contribution in [2.24, 2.45) is 0 Å². The maximum Gasteiger partial charge on any atom is 0.289 e. The van der Waals surface area contributed by atoms with Gasteiger partial charge < -0.3 is 5.32 Å². The third-order valence-electron chi connectivity index (χ3n) is 3.50. The summed E-state index contributed by atoms with van der Waals surface area (Å²) in [6.45, 7) is 0.199. The zero-order valence-corrected chi connectivity index (χ0v) is 13.3. The van der Waals surface area contributed by atoms with Crippen LogP contribution in [0.2, 0.25) is 0 Å². The summed E-state index contributed by atoms with van der Waals surface area (Å²) in [6, 6.07) is 12.1. The van der Waals surface area contributed by atoms with Crippen molar-refractivity contribution in [1.29, 1.82) is 0 Å². The van der Waals surface area contributed by atoms with Crippen molar-refractivity contribution < 1.29 is 18.8 Å². The van der Waals surface area contributed by atoms with Crippen LogP contribution in [-0.4, -0.2) is 27.7 Å². The number of hydrogen-bond acceptors (Lipinski definition) is 4. The van der Waals surface area contributed by atoms with E-state index in [0.717, 1.165) is 17.3 Å². The molecule has 24 heavy (non-hydrogen) atoms. The zero-order valence-electron chi connectivity index (χ0n) is 12.5. The fraction of sp³-hybridized carbons (Fsp3) is 0.118. The van der Waals surface area contributed by atoms with E-state index in [4.69, 9.17) is 0 Å². The fourth-order valence-electron chi connectivity index (χ4n) is 2.21. The van der Waals surface area contributed by atoms with Gasteiger partial charge in [0.05, 0.1) is 12.3 Å². The zero-order chi connectivity index (χ0) is 17.1. The first-order valence-corrected chi connectivity index (χ1v) is 8.14. The van der Waals surface area contributed by atoms with E-state index in [1.165, 1.54) is 29.2 Å². The number of nitrogens with zero attached hydrogens (tertiary/aromatic N) is 1. The number of imide groups is 1. The van der Waals surface area contributed by atoms with Crippen molar-refractivity contribution in [3.05, 3.63) is 65.5 Å². The van der Waals surface area contributed by atoms with Crippen molar-refractivity contribution in [3.63, 3.8) is 0 Å². The SMILES string of the molecule is O=C(Nc1ccc(F)cc1)c1ccc(CN2C(=O)CSC2=O)cc1. The lowest BCUT2D eigenvalue weighted by Crippen LogP contribution is -2.27. The predicted octanol–water partition coefficient (Wildman–Crippen LogP) is 3.27. The van der Waals surface area contributed by atoms with Gasteiger partial charge in [-0.3, -0.25) is 19.3 Å². The van der Waals surface area contributed by atoms with Gasteiger partial charge in [-0.15, -0.1) is 0 Å². The van der Waals surface area contributed by atoms with Gasteiger partial charge in [0.15, 0.2) is 0 Å². The van der Waals surface area contributed by atoms with Crippen LogP contribution >= 0.6 is 11.8 Å². The number of halogens is 1. The number of nitrogens with one attached hydrogen (secondary N) is 1. The van der Waals surface area contributed by atoms with Gasteiger partial charge in [0, 0.05) is 11.3 Å². The second-order valence-corrected chi connectivity index (χ2v) is 6.12. The molecule has 1 N–H and O–H groups in total. The highest BCUT2D eigenvalue weighted by Crippen LogP contribution is 2.21. The highest BCUT2D eigenvalue weighted by atomic mass is 32.2. The van der Waals surface area contributed by atoms with Crippen LogP contribution < -0.4 is 5.32 Å². The lowest BCUT2D eigenvalue weighted by atomic mass is 10.1. The Morgan fingerprint density at radius 2 is 1.75 bits per heavy atom. The van der Waals surface area contributed by atoms with Crippen molar-refractivity contribution in [2.45, 2.75) is 6.54 Å². The molecule has 0 atom stereocenters. The minimum Gasteiger partial charge on any atom is -0.322 e. The van der Waals surface area contributed by atoms with Crippen LogP contribution in [0.5, 0.6) is 0 Å². The smallest absolute Gasteiger partial charge is 0.289 e. The minimum atomic E-state index is -0.374. The second kappa shape index (κ2) is 6.84. The van der Waals surface area contributed by atoms with Gasteiger partial charge in [0.25, 0.3) is 11.1 Å². The Morgan fingerprint density at radius 1 is 1.08 bits per heavy atom. The van der Waals surface area contributed by atoms with Crippen LogP contribution in [-0.2, 0) is 11.3 Å². The molecule has 7 heteroatoms. The molecule has 0 aliphatic carbocycles. The molecular formula is C17H13FN2O3S. The molecule has 2 aromatic carbocycles. The van der Waals surface area contributed by atoms with E-state index in [0.29, 0.717) is 11.3 Å². The summed E-state index contributed by atoms with van der Waals surface area (Å²) >= 11 is 0.990. The lowest BCUT2D eigenvalue weighted by Gasteiger charge is -2.13. The van der Waals surface area contributed by atoms with Gasteiger partial charge in [-0.25, -0.2) is 4.39 Å². The van der Waals surface area contributed by atoms with E-state index in [-0.39, 0.29) is 35.2 Å². The number of carbonyl (C=O) groups excluding carboxylic acids is 3. The number of thioether (sulfide) groups is 1. The van der Waals surface area contributed by atoms with Gasteiger partial charge in [-0.1, -0.05) is 23.9 Å². The van der Waals surface area contributed by atoms with Gasteiger partial charge in [-0.05, 0) is 42.0 Å². The molecule has 0 aromatic heterocycles. The number of carbonyl (C=O) groups is 3. The van der Waals surface area contributed by atoms with Crippen molar-refractivity contribution in [3.8, 4) is 0 Å². The Balaban J connectivity index is 1.65. The van der Waals surface area contributed by atoms with Gasteiger partial charge in [0.2, 0.25) is 5.91 Å². The summed E-state index contributed by atoms with van der Waals surface area (Å²) in [7, 11) is 0. The molecule has 5 nitrogen and oxygen atoms in total. The summed E-state index contributed by atoms with van der Waals surface area (Å²) in [5.74, 6) is -0.724. The Morgan fingerprint density at radius 3 is 2.33 bits per heavy atom. The standard InChI is InChI=1S/C17H13FN2O3S/c18-13-5-7-14(8-6-13)19-16(22)12-3-1-11(2-4-12)9-20-15(21)10-24-17(20)23/h1-8H,9-10H2,(H,19,22). The molecule has 3 amide bonds. The van der Waals surface area contributed by atoms with Crippen LogP contribution in [0.3, 0.4) is 0 Å². The maximum absolute atomic E-state index is 12.8. The van der Waals surface area contributed by atoms with Crippen LogP contribution in [0.25, 0.3) is 0 Å². The predicted molar refractivity (Wildman–Crippen MR) is 89.2 cm³/mol. The molecule has 0 radical (unpaired) electrons. The molecule has 0 unspecified atom stereocenters. The first kappa shape index (κ1) is 16.2. The van der Waals surface area contributed by atoms with Crippen LogP contribution in [0.15, 0.2) is 48.5 Å². The van der Waals surface area contributed by atoms with E-state index in [1.807, 2.05) is 0 Å². The average Bonchev–Trinajstić information content (AvgIpc) is 2.89. The fourth-order valence-corrected chi connectivity index (χ4v) is 2.94. The highest BCUT2D eigenvalue weighted by Gasteiger charge is 2.29. The molecule has 122 valence electrons. The normalized spacial score (nSPS) is 14.1. The summed E-state index contributed by atoms with van der Waals surface area (Å²) in [5, 5.41) is 2.41. The molecular weight excluding hydrogens is 331 g/mol. The molecule has 1 aliphatic heterocycles. The monoisotopic (exact) mass is 344 g/mol. The molecule has 0 spiro atoms. The molecule has 1 fully saturated rings. The Bertz CT molecular complexity index is 774. The van der Waals surface area contributed by atoms with E-state index >= 15 is 0 Å². The number of benzene rings is 2. The van der Waals surface area contributed by atoms with Crippen molar-refractivity contribution in [1.82, 2.24) is 4.90 Å². The van der Waals surface area contributed by atoms with E-state index < -0.39 is 0 Å². The van der Waals surface area contributed by atoms with Crippen LogP contribution in [0.1, 0.15) is 15.9 Å². The molecule has 0 bridgehead atoms. The topological polar surface area (TPSA) is 66.5 Å². The third-order valence-corrected chi connectivity index (χ3v) is 4.36. The summed E-state index contributed by atoms with van der Waals surface area (Å²) in [5.41, 5.74) is 1.69. The van der Waals surface area contributed by atoms with Gasteiger partial charge >= 0.3 is 0 Å². The first-order valence-electron chi connectivity index (χ1n) is 7.16. The van der Waals surface area contributed by atoms with E-state index in [1.54, 1.807) is 24.3 Å². The number of rotatable bonds is 4. The second-order valence-electron chi connectivity index (χ2n) is 5.19. The van der Waals surface area contributed by atoms with Crippen LogP contribution in [0.4, 0.5) is 14.9 Å². The maximum atomic E-state index is 12.8. The summed E-state index contributed by atoms with van der Waals surface area (Å²) in [6.07, 6.45) is 0. The molecule has 2 aromatic rings. The molecule has 1 heterocycles. The largest absolute Gasteiger partial charge is 0.322 e. The Kier molecular flexibility index (Phi) is 4.61. The van der Waals surface area contributed by atoms with Gasteiger partial charge in [0.1, 0.15) is 5.82 Å². The van der Waals surface area contributed by atoms with E-state index in [2.05, 4.69) is 5.32 Å². The summed E-state index contributed by atoms with van der Waals surface area (Å²) in [4.78, 5) is 36.5. The van der Waals surface area contributed by atoms with Crippen molar-refractivity contribution >= 4 is 34.5 Å². The quantitative estimate of drug-likeness (QED) is 0.924. The van der Waals surface area contributed by atoms with E-state index in [9.17, 15) is 18.8 Å². The van der Waals surface area contributed by atoms with Gasteiger partial charge in [-0.2, -0.15) is 0 Å². The Labute approximate surface area is 141 Å². The number of anilines is 1. The number of hydrogen-bond donors (Lipinski definition) is 1. The molecule has 3 rings (SSSR count). The lowest BCUT2D eigenvalue weighted by molar-refractivity contribution is -0.125. The van der Waals surface area contributed by atoms with Crippen LogP contribution in [0, 0.1) is 5.82 Å². The van der Waals surface area contributed by atoms with Crippen molar-refractivity contribution in [2.75, 3.05) is 11.1 Å². The third kappa shape index (κ3) is 3.62. The average molecular weight is 344 g/mol. The molecule has 1 saturated heterocycles. The first-order chi connectivity index (χ1) is 11.5. The molecule has 0 saturated carbocycles.